The number of allylic oxidation sites excluding steroid dienone is 1. The van der Waals surface area contributed by atoms with E-state index in [-0.39, 0.29) is 0 Å². The van der Waals surface area contributed by atoms with Crippen LogP contribution in [0.2, 0.25) is 0 Å². The maximum atomic E-state index is 7.06. The summed E-state index contributed by atoms with van der Waals surface area (Å²) in [5.41, 5.74) is 9.56. The summed E-state index contributed by atoms with van der Waals surface area (Å²) in [5, 5.41) is 2.07. The van der Waals surface area contributed by atoms with Crippen LogP contribution in [0, 0.1) is 0 Å². The summed E-state index contributed by atoms with van der Waals surface area (Å²) < 4.78 is 6.96. The molecule has 41 heavy (non-hydrogen) atoms. The van der Waals surface area contributed by atoms with Gasteiger partial charge in [-0.15, -0.1) is 0 Å². The van der Waals surface area contributed by atoms with Crippen LogP contribution in [-0.2, 0) is 12.1 Å². The van der Waals surface area contributed by atoms with E-state index in [0.29, 0.717) is 0 Å². The summed E-state index contributed by atoms with van der Waals surface area (Å²) in [6, 6.07) is 24.7. The highest BCUT2D eigenvalue weighted by atomic mass is 16.5. The second-order valence-corrected chi connectivity index (χ2v) is 11.9. The molecule has 3 aromatic carbocycles. The van der Waals surface area contributed by atoms with E-state index in [1.807, 2.05) is 0 Å². The second kappa shape index (κ2) is 10.7. The van der Waals surface area contributed by atoms with Gasteiger partial charge in [-0.2, -0.15) is 0 Å². The predicted octanol–water partition coefficient (Wildman–Crippen LogP) is 7.37. The van der Waals surface area contributed by atoms with Gasteiger partial charge in [-0.05, 0) is 98.9 Å². The maximum Gasteiger partial charge on any atom is 0.135 e. The molecule has 5 heteroatoms. The second-order valence-electron chi connectivity index (χ2n) is 11.9. The van der Waals surface area contributed by atoms with Crippen LogP contribution in [0.4, 0.5) is 11.4 Å². The number of benzene rings is 3. The summed E-state index contributed by atoms with van der Waals surface area (Å²) >= 11 is 0. The lowest BCUT2D eigenvalue weighted by Gasteiger charge is -2.46. The zero-order valence-corrected chi connectivity index (χ0v) is 24.5. The molecule has 0 aromatic heterocycles. The molecule has 1 atom stereocenters. The van der Waals surface area contributed by atoms with Crippen LogP contribution >= 0.6 is 0 Å². The third-order valence-corrected chi connectivity index (χ3v) is 9.70. The van der Waals surface area contributed by atoms with Gasteiger partial charge in [-0.25, -0.2) is 5.01 Å². The third kappa shape index (κ3) is 4.29. The number of rotatable bonds is 5. The number of nitrogens with two attached hydrogens (primary N) is 1. The Labute approximate surface area is 244 Å². The lowest BCUT2D eigenvalue weighted by atomic mass is 9.70. The van der Waals surface area contributed by atoms with Gasteiger partial charge in [-0.1, -0.05) is 42.5 Å². The summed E-state index contributed by atoms with van der Waals surface area (Å²) in [5.74, 6) is 9.01. The quantitative estimate of drug-likeness (QED) is 0.339. The smallest absolute Gasteiger partial charge is 0.135 e. The first-order chi connectivity index (χ1) is 20.1. The molecule has 3 aromatic rings. The van der Waals surface area contributed by atoms with E-state index in [4.69, 9.17) is 10.6 Å². The molecule has 0 saturated carbocycles. The topological polar surface area (TPSA) is 45.0 Å². The van der Waals surface area contributed by atoms with Gasteiger partial charge in [0.05, 0.1) is 0 Å². The monoisotopic (exact) mass is 546 g/mol. The Balaban J connectivity index is 1.35. The molecule has 7 rings (SSSR count). The molecule has 1 fully saturated rings. The number of ether oxygens (including phenoxy) is 1. The molecule has 1 saturated heterocycles. The molecule has 1 unspecified atom stereocenters. The Morgan fingerprint density at radius 2 is 1.66 bits per heavy atom. The fourth-order valence-corrected chi connectivity index (χ4v) is 7.68. The molecule has 5 nitrogen and oxygen atoms in total. The van der Waals surface area contributed by atoms with Crippen molar-refractivity contribution < 1.29 is 4.74 Å². The van der Waals surface area contributed by atoms with Crippen molar-refractivity contribution in [2.75, 3.05) is 36.0 Å². The normalized spacial score (nSPS) is 22.9. The van der Waals surface area contributed by atoms with E-state index >= 15 is 0 Å². The van der Waals surface area contributed by atoms with E-state index in [2.05, 4.69) is 101 Å². The maximum absolute atomic E-state index is 7.06. The first-order valence-electron chi connectivity index (χ1n) is 15.6. The van der Waals surface area contributed by atoms with E-state index < -0.39 is 5.54 Å². The summed E-state index contributed by atoms with van der Waals surface area (Å²) in [7, 11) is 0. The van der Waals surface area contributed by atoms with Crippen molar-refractivity contribution in [2.45, 2.75) is 64.5 Å². The van der Waals surface area contributed by atoms with Gasteiger partial charge < -0.3 is 14.5 Å². The summed E-state index contributed by atoms with van der Waals surface area (Å²) in [4.78, 5) is 4.90. The number of nitrogens with zero attached hydrogens (tertiary/aromatic N) is 3. The number of hydrazine groups is 1. The zero-order valence-electron chi connectivity index (χ0n) is 24.5. The van der Waals surface area contributed by atoms with Crippen molar-refractivity contribution in [3.8, 4) is 5.75 Å². The standard InChI is InChI=1S/C36H42N4O/c1-3-38(4-2)30-19-20-32-34(24-30)41-35-27(23-26-15-17-29(18-16-26)39-21-8-5-9-22-39)12-10-14-33(35)36(32)31-13-7-6-11-28(31)25-40(36)37/h6-7,11,13,15-20,23-24H,3-5,8-10,12,14,21-22,25,37H2,1-2H3. The average Bonchev–Trinajstić information content (AvgIpc) is 3.31. The van der Waals surface area contributed by atoms with Crippen LogP contribution in [-0.4, -0.2) is 31.2 Å². The minimum atomic E-state index is -0.515. The van der Waals surface area contributed by atoms with E-state index in [9.17, 15) is 0 Å². The van der Waals surface area contributed by atoms with Crippen LogP contribution in [0.3, 0.4) is 0 Å². The third-order valence-electron chi connectivity index (χ3n) is 9.70. The summed E-state index contributed by atoms with van der Waals surface area (Å²) in [6.07, 6.45) is 9.35. The summed E-state index contributed by atoms with van der Waals surface area (Å²) in [6.45, 7) is 9.38. The first kappa shape index (κ1) is 26.4. The average molecular weight is 547 g/mol. The first-order valence-corrected chi connectivity index (χ1v) is 15.6. The van der Waals surface area contributed by atoms with Gasteiger partial charge in [0.1, 0.15) is 17.0 Å². The zero-order chi connectivity index (χ0) is 28.0. The van der Waals surface area contributed by atoms with E-state index in [1.54, 1.807) is 0 Å². The Morgan fingerprint density at radius 1 is 0.878 bits per heavy atom. The van der Waals surface area contributed by atoms with Crippen LogP contribution in [0.5, 0.6) is 5.75 Å². The predicted molar refractivity (Wildman–Crippen MR) is 169 cm³/mol. The van der Waals surface area contributed by atoms with Crippen LogP contribution in [0.25, 0.3) is 6.08 Å². The number of anilines is 2. The Bertz CT molecular complexity index is 1500. The van der Waals surface area contributed by atoms with Gasteiger partial charge in [0.15, 0.2) is 0 Å². The van der Waals surface area contributed by atoms with Crippen LogP contribution in [0.1, 0.15) is 74.6 Å². The number of piperidine rings is 1. The molecular formula is C36H42N4O. The van der Waals surface area contributed by atoms with Crippen molar-refractivity contribution in [3.05, 3.63) is 106 Å². The fourth-order valence-electron chi connectivity index (χ4n) is 7.68. The molecule has 3 heterocycles. The lowest BCUT2D eigenvalue weighted by molar-refractivity contribution is 0.151. The van der Waals surface area contributed by atoms with Crippen LogP contribution < -0.4 is 20.4 Å². The van der Waals surface area contributed by atoms with E-state index in [1.165, 1.54) is 71.6 Å². The molecule has 3 aliphatic heterocycles. The lowest BCUT2D eigenvalue weighted by Crippen LogP contribution is -2.50. The van der Waals surface area contributed by atoms with Gasteiger partial charge in [0, 0.05) is 61.3 Å². The SMILES string of the molecule is CCN(CC)c1ccc2c(c1)OC1=C(CCCC1=Cc1ccc(N3CCCCC3)cc1)C21c2ccccc2CN1N. The minimum absolute atomic E-state index is 0.515. The highest BCUT2D eigenvalue weighted by molar-refractivity contribution is 5.70. The molecule has 0 amide bonds. The van der Waals surface area contributed by atoms with E-state index in [0.717, 1.165) is 56.0 Å². The molecule has 0 bridgehead atoms. The van der Waals surface area contributed by atoms with Crippen molar-refractivity contribution in [2.24, 2.45) is 5.84 Å². The molecule has 212 valence electrons. The molecule has 0 radical (unpaired) electrons. The van der Waals surface area contributed by atoms with Crippen molar-refractivity contribution in [3.63, 3.8) is 0 Å². The molecular weight excluding hydrogens is 504 g/mol. The van der Waals surface area contributed by atoms with Gasteiger partial charge in [-0.3, -0.25) is 5.84 Å². The molecule has 2 N–H and O–H groups in total. The molecule has 1 aliphatic carbocycles. The Morgan fingerprint density at radius 3 is 2.44 bits per heavy atom. The van der Waals surface area contributed by atoms with Gasteiger partial charge in [0.2, 0.25) is 0 Å². The van der Waals surface area contributed by atoms with Crippen LogP contribution in [0.15, 0.2) is 83.6 Å². The van der Waals surface area contributed by atoms with Crippen molar-refractivity contribution in [1.29, 1.82) is 0 Å². The van der Waals surface area contributed by atoms with Crippen molar-refractivity contribution >= 4 is 17.5 Å². The number of hydrogen-bond acceptors (Lipinski definition) is 5. The Hall–Kier alpha value is -3.54. The minimum Gasteiger partial charge on any atom is -0.457 e. The largest absolute Gasteiger partial charge is 0.457 e. The molecule has 1 spiro atoms. The van der Waals surface area contributed by atoms with Crippen molar-refractivity contribution in [1.82, 2.24) is 5.01 Å². The number of fused-ring (bicyclic) bond motifs is 5. The highest BCUT2D eigenvalue weighted by Crippen LogP contribution is 2.57. The Kier molecular flexibility index (Phi) is 6.88. The van der Waals surface area contributed by atoms with Gasteiger partial charge in [0.25, 0.3) is 0 Å². The fraction of sp³-hybridized carbons (Fsp3) is 0.389. The highest BCUT2D eigenvalue weighted by Gasteiger charge is 2.54. The van der Waals surface area contributed by atoms with Gasteiger partial charge >= 0.3 is 0 Å². The number of hydrogen-bond donors (Lipinski definition) is 1. The molecule has 4 aliphatic rings.